The Bertz CT molecular complexity index is 662. The molecule has 0 aliphatic heterocycles. The summed E-state index contributed by atoms with van der Waals surface area (Å²) < 4.78 is 14.2. The average Bonchev–Trinajstić information content (AvgIpc) is 2.94. The van der Waals surface area contributed by atoms with Gasteiger partial charge in [-0.25, -0.2) is 4.39 Å². The smallest absolute Gasteiger partial charge is 0.237 e. The predicted octanol–water partition coefficient (Wildman–Crippen LogP) is 3.39. The number of hydrogen-bond donors (Lipinski definition) is 2. The molecule has 1 aromatic carbocycles. The molecule has 0 fully saturated rings. The molecule has 0 unspecified atom stereocenters. The molecule has 0 aliphatic carbocycles. The molecule has 0 radical (unpaired) electrons. The maximum Gasteiger partial charge on any atom is 0.237 e. The monoisotopic (exact) mass is 338 g/mol. The Morgan fingerprint density at radius 1 is 1.50 bits per heavy atom. The number of para-hydroxylation sites is 1. The summed E-state index contributed by atoms with van der Waals surface area (Å²) in [6, 6.07) is 6.06. The number of hydrogen-bond acceptors (Lipinski definition) is 6. The maximum atomic E-state index is 13.5. The van der Waals surface area contributed by atoms with Crippen molar-refractivity contribution in [1.29, 1.82) is 0 Å². The van der Waals surface area contributed by atoms with Crippen molar-refractivity contribution in [2.45, 2.75) is 16.5 Å². The van der Waals surface area contributed by atoms with E-state index in [1.807, 2.05) is 0 Å². The summed E-state index contributed by atoms with van der Waals surface area (Å²) in [5.74, 6) is -0.745. The van der Waals surface area contributed by atoms with Crippen LogP contribution in [-0.2, 0) is 4.79 Å². The molecular formula is C14H15FN4OS2. The highest BCUT2D eigenvalue weighted by Crippen LogP contribution is 2.29. The molecule has 0 spiro atoms. The molecule has 2 aromatic rings. The number of carbonyl (C=O) groups excluding carboxylic acids is 1. The molecule has 1 atom stereocenters. The van der Waals surface area contributed by atoms with Crippen LogP contribution in [0.4, 0.5) is 15.2 Å². The summed E-state index contributed by atoms with van der Waals surface area (Å²) in [4.78, 5) is 12.1. The van der Waals surface area contributed by atoms with Gasteiger partial charge in [0.15, 0.2) is 4.34 Å². The van der Waals surface area contributed by atoms with E-state index in [9.17, 15) is 9.18 Å². The SMILES string of the molecule is C=CCNc1nnc(S[C@@H](C)C(=O)Nc2ccccc2F)s1. The van der Waals surface area contributed by atoms with Crippen molar-refractivity contribution in [1.82, 2.24) is 10.2 Å². The van der Waals surface area contributed by atoms with Gasteiger partial charge in [0.2, 0.25) is 11.0 Å². The maximum absolute atomic E-state index is 13.5. The number of amides is 1. The van der Waals surface area contributed by atoms with Crippen LogP contribution < -0.4 is 10.6 Å². The Morgan fingerprint density at radius 2 is 2.27 bits per heavy atom. The Kier molecular flexibility index (Phi) is 5.91. The average molecular weight is 338 g/mol. The summed E-state index contributed by atoms with van der Waals surface area (Å²) in [7, 11) is 0. The number of rotatable bonds is 7. The molecule has 0 aliphatic rings. The summed E-state index contributed by atoms with van der Waals surface area (Å²) in [5, 5.41) is 13.8. The lowest BCUT2D eigenvalue weighted by atomic mass is 10.3. The van der Waals surface area contributed by atoms with Gasteiger partial charge in [0.25, 0.3) is 0 Å². The highest BCUT2D eigenvalue weighted by molar-refractivity contribution is 8.02. The van der Waals surface area contributed by atoms with Gasteiger partial charge >= 0.3 is 0 Å². The van der Waals surface area contributed by atoms with Crippen LogP contribution in [0, 0.1) is 5.82 Å². The van der Waals surface area contributed by atoms with Gasteiger partial charge in [-0.05, 0) is 19.1 Å². The van der Waals surface area contributed by atoms with E-state index < -0.39 is 11.1 Å². The van der Waals surface area contributed by atoms with E-state index in [4.69, 9.17) is 0 Å². The van der Waals surface area contributed by atoms with E-state index >= 15 is 0 Å². The molecule has 8 heteroatoms. The van der Waals surface area contributed by atoms with E-state index in [1.165, 1.54) is 35.2 Å². The number of aromatic nitrogens is 2. The van der Waals surface area contributed by atoms with E-state index in [1.54, 1.807) is 25.1 Å². The zero-order valence-corrected chi connectivity index (χ0v) is 13.5. The minimum absolute atomic E-state index is 0.172. The van der Waals surface area contributed by atoms with Crippen LogP contribution in [0.25, 0.3) is 0 Å². The Morgan fingerprint density at radius 3 is 3.00 bits per heavy atom. The second kappa shape index (κ2) is 7.90. The third kappa shape index (κ3) is 4.54. The van der Waals surface area contributed by atoms with E-state index in [2.05, 4.69) is 27.4 Å². The Labute approximate surface area is 136 Å². The predicted molar refractivity (Wildman–Crippen MR) is 88.9 cm³/mol. The second-order valence-corrected chi connectivity index (χ2v) is 6.84. The number of anilines is 2. The normalized spacial score (nSPS) is 11.7. The number of nitrogens with zero attached hydrogens (tertiary/aromatic N) is 2. The van der Waals surface area contributed by atoms with Crippen molar-refractivity contribution in [2.24, 2.45) is 0 Å². The highest BCUT2D eigenvalue weighted by atomic mass is 32.2. The molecular weight excluding hydrogens is 323 g/mol. The van der Waals surface area contributed by atoms with Crippen molar-refractivity contribution in [3.8, 4) is 0 Å². The van der Waals surface area contributed by atoms with Crippen molar-refractivity contribution in [3.63, 3.8) is 0 Å². The van der Waals surface area contributed by atoms with Crippen LogP contribution in [0.1, 0.15) is 6.92 Å². The fourth-order valence-electron chi connectivity index (χ4n) is 1.49. The third-order valence-corrected chi connectivity index (χ3v) is 4.65. The van der Waals surface area contributed by atoms with Gasteiger partial charge in [0.05, 0.1) is 10.9 Å². The standard InChI is InChI=1S/C14H15FN4OS2/c1-3-8-16-13-18-19-14(22-13)21-9(2)12(20)17-11-7-5-4-6-10(11)15/h3-7,9H,1,8H2,2H3,(H,16,18)(H,17,20)/t9-/m0/s1. The van der Waals surface area contributed by atoms with Crippen LogP contribution in [0.5, 0.6) is 0 Å². The van der Waals surface area contributed by atoms with Gasteiger partial charge < -0.3 is 10.6 Å². The lowest BCUT2D eigenvalue weighted by molar-refractivity contribution is -0.115. The number of carbonyl (C=O) groups is 1. The van der Waals surface area contributed by atoms with Gasteiger partial charge in [-0.3, -0.25) is 4.79 Å². The second-order valence-electron chi connectivity index (χ2n) is 4.27. The quantitative estimate of drug-likeness (QED) is 0.598. The molecule has 0 bridgehead atoms. The zero-order chi connectivity index (χ0) is 15.9. The summed E-state index contributed by atoms with van der Waals surface area (Å²) >= 11 is 2.63. The first-order valence-corrected chi connectivity index (χ1v) is 8.20. The highest BCUT2D eigenvalue weighted by Gasteiger charge is 2.18. The van der Waals surface area contributed by atoms with Crippen molar-refractivity contribution in [3.05, 3.63) is 42.7 Å². The largest absolute Gasteiger partial charge is 0.357 e. The molecule has 1 heterocycles. The molecule has 1 amide bonds. The first kappa shape index (κ1) is 16.4. The molecule has 2 rings (SSSR count). The molecule has 0 saturated heterocycles. The Balaban J connectivity index is 1.92. The fourth-order valence-corrected chi connectivity index (χ4v) is 3.39. The molecule has 0 saturated carbocycles. The number of benzene rings is 1. The van der Waals surface area contributed by atoms with Crippen LogP contribution in [0.3, 0.4) is 0 Å². The third-order valence-electron chi connectivity index (χ3n) is 2.58. The van der Waals surface area contributed by atoms with Crippen LogP contribution in [-0.4, -0.2) is 27.9 Å². The van der Waals surface area contributed by atoms with Gasteiger partial charge in [0, 0.05) is 6.54 Å². The van der Waals surface area contributed by atoms with E-state index in [0.29, 0.717) is 16.0 Å². The number of halogens is 1. The minimum Gasteiger partial charge on any atom is -0.357 e. The van der Waals surface area contributed by atoms with Gasteiger partial charge in [-0.1, -0.05) is 41.3 Å². The molecule has 22 heavy (non-hydrogen) atoms. The molecule has 5 nitrogen and oxygen atoms in total. The number of thioether (sulfide) groups is 1. The number of nitrogens with one attached hydrogen (secondary N) is 2. The molecule has 2 N–H and O–H groups in total. The van der Waals surface area contributed by atoms with Crippen LogP contribution in [0.2, 0.25) is 0 Å². The van der Waals surface area contributed by atoms with E-state index in [-0.39, 0.29) is 11.6 Å². The van der Waals surface area contributed by atoms with Gasteiger partial charge in [0.1, 0.15) is 5.82 Å². The lowest BCUT2D eigenvalue weighted by Crippen LogP contribution is -2.22. The zero-order valence-electron chi connectivity index (χ0n) is 11.9. The molecule has 1 aromatic heterocycles. The molecule has 116 valence electrons. The minimum atomic E-state index is -0.458. The first-order valence-electron chi connectivity index (χ1n) is 6.50. The van der Waals surface area contributed by atoms with E-state index in [0.717, 1.165) is 0 Å². The van der Waals surface area contributed by atoms with Gasteiger partial charge in [-0.2, -0.15) is 0 Å². The first-order chi connectivity index (χ1) is 10.6. The van der Waals surface area contributed by atoms with Crippen LogP contribution >= 0.6 is 23.1 Å². The fraction of sp³-hybridized carbons (Fsp3) is 0.214. The van der Waals surface area contributed by atoms with Crippen molar-refractivity contribution in [2.75, 3.05) is 17.2 Å². The van der Waals surface area contributed by atoms with Gasteiger partial charge in [-0.15, -0.1) is 16.8 Å². The Hall–Kier alpha value is -1.93. The topological polar surface area (TPSA) is 66.9 Å². The van der Waals surface area contributed by atoms with Crippen LogP contribution in [0.15, 0.2) is 41.3 Å². The summed E-state index contributed by atoms with van der Waals surface area (Å²) in [5.41, 5.74) is 0.172. The lowest BCUT2D eigenvalue weighted by Gasteiger charge is -2.10. The van der Waals surface area contributed by atoms with Crippen molar-refractivity contribution >= 4 is 39.8 Å². The summed E-state index contributed by atoms with van der Waals surface area (Å²) in [6.07, 6.45) is 1.72. The van der Waals surface area contributed by atoms with Crippen molar-refractivity contribution < 1.29 is 9.18 Å². The summed E-state index contributed by atoms with van der Waals surface area (Å²) in [6.45, 7) is 5.94.